The number of benzene rings is 1. The van der Waals surface area contributed by atoms with Gasteiger partial charge in [-0.1, -0.05) is 18.0 Å². The average molecular weight is 386 g/mol. The Morgan fingerprint density at radius 3 is 2.32 bits per heavy atom. The lowest BCUT2D eigenvalue weighted by Crippen LogP contribution is -2.52. The maximum atomic E-state index is 12.7. The monoisotopic (exact) mass is 385 g/mol. The van der Waals surface area contributed by atoms with Crippen LogP contribution in [0.5, 0.6) is 0 Å². The Labute approximate surface area is 154 Å². The Kier molecular flexibility index (Phi) is 5.68. The molecule has 0 bridgehead atoms. The molecule has 1 saturated carbocycles. The number of carbonyl (C=O) groups excluding carboxylic acids is 1. The minimum Gasteiger partial charge on any atom is -0.340 e. The smallest absolute Gasteiger partial charge is 0.243 e. The van der Waals surface area contributed by atoms with Crippen molar-refractivity contribution < 1.29 is 13.2 Å². The van der Waals surface area contributed by atoms with Gasteiger partial charge in [0, 0.05) is 43.2 Å². The standard InChI is InChI=1S/C17H24ClN3O3S/c18-14-4-6-16(7-5-14)25(23,24)21-10-8-20(9-11-21)17(22)13-2-1-3-15(19)12-13/h4-7,13,15H,1-3,8-12,19H2. The molecule has 2 atom stereocenters. The lowest BCUT2D eigenvalue weighted by atomic mass is 9.85. The van der Waals surface area contributed by atoms with Crippen LogP contribution < -0.4 is 5.73 Å². The van der Waals surface area contributed by atoms with Crippen molar-refractivity contribution in [3.05, 3.63) is 29.3 Å². The highest BCUT2D eigenvalue weighted by molar-refractivity contribution is 7.89. The van der Waals surface area contributed by atoms with Crippen LogP contribution in [0.2, 0.25) is 5.02 Å². The van der Waals surface area contributed by atoms with E-state index in [1.165, 1.54) is 16.4 Å². The Morgan fingerprint density at radius 1 is 1.08 bits per heavy atom. The number of nitrogens with zero attached hydrogens (tertiary/aromatic N) is 2. The quantitative estimate of drug-likeness (QED) is 0.858. The molecule has 2 fully saturated rings. The summed E-state index contributed by atoms with van der Waals surface area (Å²) in [5.74, 6) is 0.113. The molecular weight excluding hydrogens is 362 g/mol. The van der Waals surface area contributed by atoms with Crippen LogP contribution in [0.1, 0.15) is 25.7 Å². The zero-order chi connectivity index (χ0) is 18.0. The first-order valence-electron chi connectivity index (χ1n) is 8.68. The van der Waals surface area contributed by atoms with E-state index in [9.17, 15) is 13.2 Å². The number of rotatable bonds is 3. The molecule has 0 spiro atoms. The predicted octanol–water partition coefficient (Wildman–Crippen LogP) is 1.69. The summed E-state index contributed by atoms with van der Waals surface area (Å²) in [7, 11) is -3.54. The second-order valence-electron chi connectivity index (χ2n) is 6.81. The third-order valence-corrected chi connectivity index (χ3v) is 7.23. The molecule has 1 saturated heterocycles. The SMILES string of the molecule is NC1CCCC(C(=O)N2CCN(S(=O)(=O)c3ccc(Cl)cc3)CC2)C1. The molecule has 0 aromatic heterocycles. The van der Waals surface area contributed by atoms with Gasteiger partial charge in [-0.25, -0.2) is 8.42 Å². The van der Waals surface area contributed by atoms with Crippen molar-refractivity contribution in [3.8, 4) is 0 Å². The van der Waals surface area contributed by atoms with Crippen LogP contribution in [0.15, 0.2) is 29.2 Å². The summed E-state index contributed by atoms with van der Waals surface area (Å²) >= 11 is 5.82. The maximum absolute atomic E-state index is 12.7. The molecule has 2 N–H and O–H groups in total. The topological polar surface area (TPSA) is 83.7 Å². The molecule has 6 nitrogen and oxygen atoms in total. The highest BCUT2D eigenvalue weighted by atomic mass is 35.5. The number of halogens is 1. The van der Waals surface area contributed by atoms with Gasteiger partial charge in [-0.05, 0) is 43.5 Å². The van der Waals surface area contributed by atoms with Crippen LogP contribution in [-0.4, -0.2) is 55.8 Å². The van der Waals surface area contributed by atoms with Gasteiger partial charge in [0.15, 0.2) is 0 Å². The van der Waals surface area contributed by atoms with Gasteiger partial charge in [0.05, 0.1) is 4.90 Å². The van der Waals surface area contributed by atoms with Crippen LogP contribution in [0.25, 0.3) is 0 Å². The third kappa shape index (κ3) is 4.16. The average Bonchev–Trinajstić information content (AvgIpc) is 2.61. The molecular formula is C17H24ClN3O3S. The summed E-state index contributed by atoms with van der Waals surface area (Å²) in [6.07, 6.45) is 3.59. The van der Waals surface area contributed by atoms with Gasteiger partial charge in [-0.3, -0.25) is 4.79 Å². The molecule has 1 aliphatic heterocycles. The summed E-state index contributed by atoms with van der Waals surface area (Å²) in [4.78, 5) is 14.7. The second kappa shape index (κ2) is 7.61. The predicted molar refractivity (Wildman–Crippen MR) is 96.7 cm³/mol. The van der Waals surface area contributed by atoms with Crippen LogP contribution >= 0.6 is 11.6 Å². The Hall–Kier alpha value is -1.15. The first-order valence-corrected chi connectivity index (χ1v) is 10.5. The van der Waals surface area contributed by atoms with E-state index in [1.807, 2.05) is 0 Å². The highest BCUT2D eigenvalue weighted by Crippen LogP contribution is 2.26. The largest absolute Gasteiger partial charge is 0.340 e. The number of carbonyl (C=O) groups is 1. The number of hydrogen-bond donors (Lipinski definition) is 1. The Bertz CT molecular complexity index is 715. The molecule has 1 amide bonds. The summed E-state index contributed by atoms with van der Waals surface area (Å²) in [6.45, 7) is 1.49. The van der Waals surface area contributed by atoms with Crippen molar-refractivity contribution in [2.24, 2.45) is 11.7 Å². The molecule has 1 aromatic carbocycles. The number of sulfonamides is 1. The molecule has 3 rings (SSSR count). The molecule has 0 radical (unpaired) electrons. The molecule has 1 aliphatic carbocycles. The van der Waals surface area contributed by atoms with Crippen molar-refractivity contribution in [2.75, 3.05) is 26.2 Å². The second-order valence-corrected chi connectivity index (χ2v) is 9.18. The van der Waals surface area contributed by atoms with Gasteiger partial charge in [-0.2, -0.15) is 4.31 Å². The fourth-order valence-corrected chi connectivity index (χ4v) is 5.16. The summed E-state index contributed by atoms with van der Waals surface area (Å²) < 4.78 is 26.8. The van der Waals surface area contributed by atoms with Crippen molar-refractivity contribution in [1.82, 2.24) is 9.21 Å². The van der Waals surface area contributed by atoms with E-state index in [1.54, 1.807) is 17.0 Å². The van der Waals surface area contributed by atoms with Gasteiger partial charge in [-0.15, -0.1) is 0 Å². The molecule has 2 unspecified atom stereocenters. The van der Waals surface area contributed by atoms with Crippen molar-refractivity contribution in [1.29, 1.82) is 0 Å². The van der Waals surface area contributed by atoms with Crippen LogP contribution in [0.3, 0.4) is 0 Å². The molecule has 8 heteroatoms. The number of piperazine rings is 1. The van der Waals surface area contributed by atoms with E-state index in [2.05, 4.69) is 0 Å². The van der Waals surface area contributed by atoms with Crippen molar-refractivity contribution in [3.63, 3.8) is 0 Å². The maximum Gasteiger partial charge on any atom is 0.243 e. The fourth-order valence-electron chi connectivity index (χ4n) is 3.61. The van der Waals surface area contributed by atoms with Gasteiger partial charge in [0.1, 0.15) is 0 Å². The molecule has 1 heterocycles. The van der Waals surface area contributed by atoms with Crippen LogP contribution in [-0.2, 0) is 14.8 Å². The molecule has 25 heavy (non-hydrogen) atoms. The van der Waals surface area contributed by atoms with E-state index in [0.29, 0.717) is 31.2 Å². The van der Waals surface area contributed by atoms with Crippen LogP contribution in [0, 0.1) is 5.92 Å². The van der Waals surface area contributed by atoms with E-state index >= 15 is 0 Å². The van der Waals surface area contributed by atoms with Crippen molar-refractivity contribution >= 4 is 27.5 Å². The number of amides is 1. The van der Waals surface area contributed by atoms with E-state index in [0.717, 1.165) is 25.7 Å². The summed E-state index contributed by atoms with van der Waals surface area (Å²) in [5, 5.41) is 0.500. The van der Waals surface area contributed by atoms with Gasteiger partial charge >= 0.3 is 0 Å². The Balaban J connectivity index is 1.61. The normalized spacial score (nSPS) is 25.8. The number of nitrogens with two attached hydrogens (primary N) is 1. The van der Waals surface area contributed by atoms with Gasteiger partial charge < -0.3 is 10.6 Å². The first kappa shape index (κ1) is 18.6. The molecule has 138 valence electrons. The van der Waals surface area contributed by atoms with Gasteiger partial charge in [0.2, 0.25) is 15.9 Å². The number of hydrogen-bond acceptors (Lipinski definition) is 4. The minimum absolute atomic E-state index is 0.0110. The zero-order valence-corrected chi connectivity index (χ0v) is 15.7. The third-order valence-electron chi connectivity index (χ3n) is 5.07. The molecule has 1 aromatic rings. The first-order chi connectivity index (χ1) is 11.9. The summed E-state index contributed by atoms with van der Waals surface area (Å²) in [5.41, 5.74) is 5.98. The fraction of sp³-hybridized carbons (Fsp3) is 0.588. The van der Waals surface area contributed by atoms with E-state index in [4.69, 9.17) is 17.3 Å². The van der Waals surface area contributed by atoms with E-state index in [-0.39, 0.29) is 22.8 Å². The zero-order valence-electron chi connectivity index (χ0n) is 14.1. The Morgan fingerprint density at radius 2 is 1.72 bits per heavy atom. The lowest BCUT2D eigenvalue weighted by Gasteiger charge is -2.37. The minimum atomic E-state index is -3.54. The molecule has 2 aliphatic rings. The lowest BCUT2D eigenvalue weighted by molar-refractivity contribution is -0.137. The van der Waals surface area contributed by atoms with E-state index < -0.39 is 10.0 Å². The van der Waals surface area contributed by atoms with Crippen LogP contribution in [0.4, 0.5) is 0 Å². The summed E-state index contributed by atoms with van der Waals surface area (Å²) in [6, 6.07) is 6.27. The highest BCUT2D eigenvalue weighted by Gasteiger charge is 2.33. The van der Waals surface area contributed by atoms with Crippen molar-refractivity contribution in [2.45, 2.75) is 36.6 Å². The van der Waals surface area contributed by atoms with Gasteiger partial charge in [0.25, 0.3) is 0 Å².